The molecule has 2 amide bonds. The van der Waals surface area contributed by atoms with Crippen LogP contribution in [0.3, 0.4) is 0 Å². The highest BCUT2D eigenvalue weighted by Gasteiger charge is 2.37. The van der Waals surface area contributed by atoms with E-state index in [-0.39, 0.29) is 18.3 Å². The monoisotopic (exact) mass is 545 g/mol. The molecule has 208 valence electrons. The molecule has 1 aliphatic carbocycles. The Balaban J connectivity index is 1.64. The highest BCUT2D eigenvalue weighted by molar-refractivity contribution is 6.02. The van der Waals surface area contributed by atoms with Crippen molar-refractivity contribution < 1.29 is 23.5 Å². The van der Waals surface area contributed by atoms with E-state index in [9.17, 15) is 9.59 Å². The van der Waals surface area contributed by atoms with Gasteiger partial charge in [0.25, 0.3) is 0 Å². The summed E-state index contributed by atoms with van der Waals surface area (Å²) >= 11 is 0. The Labute approximate surface area is 231 Å². The summed E-state index contributed by atoms with van der Waals surface area (Å²) in [5, 5.41) is 11.4. The number of hydrogen-bond donors (Lipinski definition) is 1. The Kier molecular flexibility index (Phi) is 8.23. The third kappa shape index (κ3) is 5.61. The summed E-state index contributed by atoms with van der Waals surface area (Å²) in [6, 6.07) is 16.9. The van der Waals surface area contributed by atoms with Crippen molar-refractivity contribution in [1.29, 1.82) is 0 Å². The number of fused-ring (bicyclic) bond motifs is 1. The summed E-state index contributed by atoms with van der Waals surface area (Å²) in [4.78, 5) is 29.6. The van der Waals surface area contributed by atoms with Crippen LogP contribution >= 0.6 is 0 Å². The number of halogens is 1. The fourth-order valence-electron chi connectivity index (χ4n) is 5.28. The Bertz CT molecular complexity index is 1500. The number of benzene rings is 3. The number of para-hydroxylation sites is 2. The van der Waals surface area contributed by atoms with E-state index < -0.39 is 23.7 Å². The van der Waals surface area contributed by atoms with Gasteiger partial charge < -0.3 is 14.8 Å². The number of nitrogens with zero attached hydrogens (tertiary/aromatic N) is 4. The molecule has 1 aromatic heterocycles. The maximum absolute atomic E-state index is 15.4. The number of aromatic nitrogens is 3. The molecule has 0 radical (unpaired) electrons. The van der Waals surface area contributed by atoms with E-state index in [1.165, 1.54) is 42.0 Å². The van der Waals surface area contributed by atoms with Crippen LogP contribution < -0.4 is 19.7 Å². The summed E-state index contributed by atoms with van der Waals surface area (Å²) in [6.45, 7) is -0.270. The number of carbonyl (C=O) groups excluding carboxylic acids is 2. The van der Waals surface area contributed by atoms with Gasteiger partial charge in [0.1, 0.15) is 35.4 Å². The van der Waals surface area contributed by atoms with Crippen LogP contribution in [0, 0.1) is 5.82 Å². The van der Waals surface area contributed by atoms with Crippen molar-refractivity contribution in [2.24, 2.45) is 0 Å². The lowest BCUT2D eigenvalue weighted by Crippen LogP contribution is -2.48. The van der Waals surface area contributed by atoms with Crippen molar-refractivity contribution in [1.82, 2.24) is 20.3 Å². The van der Waals surface area contributed by atoms with E-state index in [0.29, 0.717) is 28.1 Å². The van der Waals surface area contributed by atoms with Crippen molar-refractivity contribution >= 4 is 28.5 Å². The largest absolute Gasteiger partial charge is 0.497 e. The Morgan fingerprint density at radius 2 is 1.77 bits per heavy atom. The second kappa shape index (κ2) is 12.1. The first-order valence-corrected chi connectivity index (χ1v) is 13.4. The smallest absolute Gasteiger partial charge is 0.249 e. The first kappa shape index (κ1) is 27.1. The van der Waals surface area contributed by atoms with E-state index in [2.05, 4.69) is 15.6 Å². The SMILES string of the molecule is COc1ccc(OC)c([C@@H](C(=O)NC2CCCCC2)N(C(=O)Cn2nnc3ccccc32)c2ccccc2F)c1. The minimum atomic E-state index is -1.26. The molecule has 0 aliphatic heterocycles. The number of hydrogen-bond acceptors (Lipinski definition) is 6. The average Bonchev–Trinajstić information content (AvgIpc) is 3.39. The van der Waals surface area contributed by atoms with Gasteiger partial charge in [-0.05, 0) is 55.3 Å². The van der Waals surface area contributed by atoms with Crippen LogP contribution in [0.25, 0.3) is 11.0 Å². The summed E-state index contributed by atoms with van der Waals surface area (Å²) in [6.07, 6.45) is 4.81. The maximum atomic E-state index is 15.4. The highest BCUT2D eigenvalue weighted by Crippen LogP contribution is 2.37. The van der Waals surface area contributed by atoms with E-state index >= 15 is 4.39 Å². The third-order valence-corrected chi connectivity index (χ3v) is 7.28. The number of ether oxygens (including phenoxy) is 2. The molecule has 0 bridgehead atoms. The number of rotatable bonds is 9. The van der Waals surface area contributed by atoms with Gasteiger partial charge in [0.2, 0.25) is 11.8 Å². The average molecular weight is 546 g/mol. The molecule has 1 aliphatic rings. The molecule has 1 saturated carbocycles. The molecule has 1 fully saturated rings. The van der Waals surface area contributed by atoms with E-state index in [4.69, 9.17) is 9.47 Å². The minimum Gasteiger partial charge on any atom is -0.497 e. The first-order valence-electron chi connectivity index (χ1n) is 13.4. The number of carbonyl (C=O) groups is 2. The van der Waals surface area contributed by atoms with Gasteiger partial charge in [0.15, 0.2) is 0 Å². The van der Waals surface area contributed by atoms with Gasteiger partial charge in [-0.3, -0.25) is 14.5 Å². The molecule has 0 saturated heterocycles. The van der Waals surface area contributed by atoms with Gasteiger partial charge in [-0.1, -0.05) is 48.7 Å². The molecule has 0 spiro atoms. The molecule has 1 N–H and O–H groups in total. The normalized spacial score (nSPS) is 14.5. The van der Waals surface area contributed by atoms with E-state index in [1.807, 2.05) is 12.1 Å². The standard InChI is InChI=1S/C30H32FN5O4/c1-39-21-16-17-27(40-2)22(18-21)29(30(38)32-20-10-4-3-5-11-20)36(25-14-8-6-12-23(25)31)28(37)19-35-26-15-9-7-13-24(26)33-34-35/h6-9,12-18,20,29H,3-5,10-11,19H2,1-2H3,(H,32,38)/t29-/m0/s1. The molecule has 5 rings (SSSR count). The number of nitrogens with one attached hydrogen (secondary N) is 1. The third-order valence-electron chi connectivity index (χ3n) is 7.28. The van der Waals surface area contributed by atoms with Crippen LogP contribution in [-0.4, -0.2) is 47.1 Å². The predicted octanol–water partition coefficient (Wildman–Crippen LogP) is 4.81. The predicted molar refractivity (Wildman–Crippen MR) is 149 cm³/mol. The van der Waals surface area contributed by atoms with E-state index in [1.54, 1.807) is 36.4 Å². The Hall–Kier alpha value is -4.47. The van der Waals surface area contributed by atoms with E-state index in [0.717, 1.165) is 32.1 Å². The van der Waals surface area contributed by atoms with Crippen molar-refractivity contribution in [3.05, 3.63) is 78.1 Å². The van der Waals surface area contributed by atoms with Crippen molar-refractivity contribution in [2.45, 2.75) is 50.7 Å². The quantitative estimate of drug-likeness (QED) is 0.324. The molecular weight excluding hydrogens is 513 g/mol. The molecular formula is C30H32FN5O4. The lowest BCUT2D eigenvalue weighted by Gasteiger charge is -2.34. The van der Waals surface area contributed by atoms with Crippen molar-refractivity contribution in [3.63, 3.8) is 0 Å². The molecule has 10 heteroatoms. The van der Waals surface area contributed by atoms with Crippen LogP contribution in [0.1, 0.15) is 43.7 Å². The van der Waals surface area contributed by atoms with Gasteiger partial charge in [0, 0.05) is 11.6 Å². The number of anilines is 1. The first-order chi connectivity index (χ1) is 19.5. The number of amides is 2. The molecule has 40 heavy (non-hydrogen) atoms. The minimum absolute atomic E-state index is 0.0365. The van der Waals surface area contributed by atoms with Crippen LogP contribution in [0.2, 0.25) is 0 Å². The van der Waals surface area contributed by atoms with Crippen LogP contribution in [0.4, 0.5) is 10.1 Å². The molecule has 3 aromatic carbocycles. The van der Waals surface area contributed by atoms with Crippen LogP contribution in [0.5, 0.6) is 11.5 Å². The second-order valence-electron chi connectivity index (χ2n) is 9.80. The Morgan fingerprint density at radius 3 is 2.52 bits per heavy atom. The summed E-state index contributed by atoms with van der Waals surface area (Å²) in [5.74, 6) is -0.788. The van der Waals surface area contributed by atoms with Crippen molar-refractivity contribution in [2.75, 3.05) is 19.1 Å². The Morgan fingerprint density at radius 1 is 1.02 bits per heavy atom. The van der Waals surface area contributed by atoms with Gasteiger partial charge >= 0.3 is 0 Å². The topological polar surface area (TPSA) is 98.6 Å². The zero-order valence-electron chi connectivity index (χ0n) is 22.5. The van der Waals surface area contributed by atoms with Gasteiger partial charge in [-0.2, -0.15) is 0 Å². The van der Waals surface area contributed by atoms with Crippen LogP contribution in [0.15, 0.2) is 66.7 Å². The lowest BCUT2D eigenvalue weighted by molar-refractivity contribution is -0.127. The van der Waals surface area contributed by atoms with Gasteiger partial charge in [0.05, 0.1) is 25.4 Å². The zero-order valence-corrected chi connectivity index (χ0v) is 22.5. The fraction of sp³-hybridized carbons (Fsp3) is 0.333. The lowest BCUT2D eigenvalue weighted by atomic mass is 9.94. The summed E-state index contributed by atoms with van der Waals surface area (Å²) in [7, 11) is 3.00. The molecule has 0 unspecified atom stereocenters. The van der Waals surface area contributed by atoms with Crippen LogP contribution in [-0.2, 0) is 16.1 Å². The second-order valence-corrected chi connectivity index (χ2v) is 9.80. The summed E-state index contributed by atoms with van der Waals surface area (Å²) < 4.78 is 28.0. The number of methoxy groups -OCH3 is 2. The van der Waals surface area contributed by atoms with Gasteiger partial charge in [-0.25, -0.2) is 9.07 Å². The molecule has 1 atom stereocenters. The zero-order chi connectivity index (χ0) is 28.1. The van der Waals surface area contributed by atoms with Gasteiger partial charge in [-0.15, -0.1) is 5.10 Å². The highest BCUT2D eigenvalue weighted by atomic mass is 19.1. The molecule has 9 nitrogen and oxygen atoms in total. The maximum Gasteiger partial charge on any atom is 0.249 e. The molecule has 1 heterocycles. The van der Waals surface area contributed by atoms with Crippen molar-refractivity contribution in [3.8, 4) is 11.5 Å². The fourth-order valence-corrected chi connectivity index (χ4v) is 5.28. The summed E-state index contributed by atoms with van der Waals surface area (Å²) in [5.41, 5.74) is 1.60. The molecule has 4 aromatic rings.